The maximum absolute atomic E-state index is 11.6. The van der Waals surface area contributed by atoms with Crippen LogP contribution in [0.2, 0.25) is 0 Å². The van der Waals surface area contributed by atoms with Crippen molar-refractivity contribution in [3.05, 3.63) is 33.9 Å². The molecule has 8 nitrogen and oxygen atoms in total. The van der Waals surface area contributed by atoms with Crippen LogP contribution in [-0.2, 0) is 0 Å². The first-order valence-electron chi connectivity index (χ1n) is 5.92. The van der Waals surface area contributed by atoms with Crippen molar-refractivity contribution in [1.29, 1.82) is 0 Å². The van der Waals surface area contributed by atoms with Gasteiger partial charge in [-0.25, -0.2) is 4.63 Å². The number of halogens is 1. The topological polar surface area (TPSA) is 127 Å². The normalized spacial score (nSPS) is 10.9. The third-order valence-electron chi connectivity index (χ3n) is 2.48. The van der Waals surface area contributed by atoms with E-state index in [0.717, 1.165) is 4.47 Å². The summed E-state index contributed by atoms with van der Waals surface area (Å²) in [6, 6.07) is 5.02. The summed E-state index contributed by atoms with van der Waals surface area (Å²) < 4.78 is 5.17. The molecule has 4 N–H and O–H groups in total. The summed E-state index contributed by atoms with van der Waals surface area (Å²) in [5, 5.41) is 18.9. The number of phenolic OH excluding ortho intramolecular Hbond substituents is 1. The molecule has 21 heavy (non-hydrogen) atoms. The SMILES string of the molecule is Nc1nonc1C(=O)NCCN=Cc1cc(Br)ccc1O. The number of rotatable bonds is 5. The number of phenols is 1. The van der Waals surface area contributed by atoms with Crippen LogP contribution in [0.1, 0.15) is 16.1 Å². The maximum Gasteiger partial charge on any atom is 0.277 e. The Morgan fingerprint density at radius 3 is 3.05 bits per heavy atom. The number of amides is 1. The van der Waals surface area contributed by atoms with E-state index in [2.05, 4.69) is 41.2 Å². The number of nitrogens with two attached hydrogens (primary N) is 1. The number of carbonyl (C=O) groups excluding carboxylic acids is 1. The van der Waals surface area contributed by atoms with Gasteiger partial charge in [0.1, 0.15) is 5.75 Å². The molecule has 0 saturated carbocycles. The van der Waals surface area contributed by atoms with Crippen LogP contribution in [0.3, 0.4) is 0 Å². The van der Waals surface area contributed by atoms with Gasteiger partial charge < -0.3 is 16.2 Å². The van der Waals surface area contributed by atoms with Gasteiger partial charge in [-0.2, -0.15) is 0 Å². The van der Waals surface area contributed by atoms with E-state index in [-0.39, 0.29) is 23.8 Å². The molecule has 2 aromatic rings. The van der Waals surface area contributed by atoms with Crippen molar-refractivity contribution in [2.24, 2.45) is 4.99 Å². The van der Waals surface area contributed by atoms with E-state index < -0.39 is 5.91 Å². The molecule has 0 aliphatic rings. The van der Waals surface area contributed by atoms with Crippen LogP contribution >= 0.6 is 15.9 Å². The number of nitrogens with zero attached hydrogens (tertiary/aromatic N) is 3. The van der Waals surface area contributed by atoms with E-state index in [4.69, 9.17) is 5.73 Å². The quantitative estimate of drug-likeness (QED) is 0.542. The average Bonchev–Trinajstić information content (AvgIpc) is 2.88. The molecule has 9 heteroatoms. The Hall–Kier alpha value is -2.42. The third-order valence-corrected chi connectivity index (χ3v) is 2.97. The molecule has 0 atom stereocenters. The van der Waals surface area contributed by atoms with E-state index >= 15 is 0 Å². The highest BCUT2D eigenvalue weighted by Crippen LogP contribution is 2.19. The minimum Gasteiger partial charge on any atom is -0.507 e. The lowest BCUT2D eigenvalue weighted by Gasteiger charge is -2.01. The summed E-state index contributed by atoms with van der Waals surface area (Å²) in [5.74, 6) is -0.406. The smallest absolute Gasteiger partial charge is 0.277 e. The molecule has 0 saturated heterocycles. The summed E-state index contributed by atoms with van der Waals surface area (Å²) >= 11 is 3.30. The number of hydrogen-bond acceptors (Lipinski definition) is 7. The molecule has 0 aliphatic heterocycles. The number of hydrogen-bond donors (Lipinski definition) is 3. The molecule has 0 radical (unpaired) electrons. The van der Waals surface area contributed by atoms with Crippen molar-refractivity contribution in [2.75, 3.05) is 18.8 Å². The fourth-order valence-corrected chi connectivity index (χ4v) is 1.84. The van der Waals surface area contributed by atoms with Crippen molar-refractivity contribution in [2.45, 2.75) is 0 Å². The number of aliphatic imine (C=N–C) groups is 1. The summed E-state index contributed by atoms with van der Waals surface area (Å²) in [6.07, 6.45) is 1.53. The third kappa shape index (κ3) is 4.02. The largest absolute Gasteiger partial charge is 0.507 e. The molecule has 0 spiro atoms. The minimum absolute atomic E-state index is 0.0522. The lowest BCUT2D eigenvalue weighted by molar-refractivity contribution is 0.0945. The first kappa shape index (κ1) is 15.0. The Kier molecular flexibility index (Phi) is 4.88. The number of anilines is 1. The van der Waals surface area contributed by atoms with Gasteiger partial charge in [-0.15, -0.1) is 0 Å². The van der Waals surface area contributed by atoms with E-state index in [0.29, 0.717) is 12.1 Å². The van der Waals surface area contributed by atoms with Crippen LogP contribution in [0.4, 0.5) is 5.82 Å². The predicted octanol–water partition coefficient (Wildman–Crippen LogP) is 0.969. The average molecular weight is 354 g/mol. The van der Waals surface area contributed by atoms with Gasteiger partial charge >= 0.3 is 0 Å². The molecule has 0 aliphatic carbocycles. The van der Waals surface area contributed by atoms with Crippen molar-refractivity contribution in [3.63, 3.8) is 0 Å². The minimum atomic E-state index is -0.478. The van der Waals surface area contributed by atoms with Crippen LogP contribution < -0.4 is 11.1 Å². The number of benzene rings is 1. The molecule has 0 bridgehead atoms. The zero-order valence-electron chi connectivity index (χ0n) is 10.8. The molecule has 1 aromatic carbocycles. The van der Waals surface area contributed by atoms with Crippen LogP contribution in [0.15, 0.2) is 32.3 Å². The first-order chi connectivity index (χ1) is 10.1. The molecular weight excluding hydrogens is 342 g/mol. The highest BCUT2D eigenvalue weighted by molar-refractivity contribution is 9.10. The maximum atomic E-state index is 11.6. The molecule has 1 heterocycles. The number of aromatic hydroxyl groups is 1. The van der Waals surface area contributed by atoms with Gasteiger partial charge in [-0.1, -0.05) is 15.9 Å². The van der Waals surface area contributed by atoms with E-state index in [1.807, 2.05) is 0 Å². The highest BCUT2D eigenvalue weighted by Gasteiger charge is 2.14. The lowest BCUT2D eigenvalue weighted by Crippen LogP contribution is -2.27. The monoisotopic (exact) mass is 353 g/mol. The van der Waals surface area contributed by atoms with Crippen molar-refractivity contribution in [1.82, 2.24) is 15.6 Å². The van der Waals surface area contributed by atoms with Gasteiger partial charge in [0.2, 0.25) is 11.5 Å². The first-order valence-corrected chi connectivity index (χ1v) is 6.72. The molecule has 0 fully saturated rings. The van der Waals surface area contributed by atoms with Crippen molar-refractivity contribution >= 4 is 33.9 Å². The van der Waals surface area contributed by atoms with Crippen molar-refractivity contribution in [3.8, 4) is 5.75 Å². The fourth-order valence-electron chi connectivity index (χ4n) is 1.46. The van der Waals surface area contributed by atoms with Gasteiger partial charge in [0.25, 0.3) is 5.91 Å². The number of aromatic nitrogens is 2. The van der Waals surface area contributed by atoms with E-state index in [1.54, 1.807) is 18.2 Å². The second-order valence-electron chi connectivity index (χ2n) is 3.99. The molecule has 110 valence electrons. The Balaban J connectivity index is 1.82. The summed E-state index contributed by atoms with van der Waals surface area (Å²) in [5.41, 5.74) is 5.92. The predicted molar refractivity (Wildman–Crippen MR) is 79.3 cm³/mol. The standard InChI is InChI=1S/C12H12BrN5O3/c13-8-1-2-9(19)7(5-8)6-15-3-4-16-12(20)10-11(14)18-21-17-10/h1-2,5-6,19H,3-4H2,(H2,14,18)(H,16,20). The summed E-state index contributed by atoms with van der Waals surface area (Å²) in [4.78, 5) is 15.7. The molecule has 2 rings (SSSR count). The van der Waals surface area contributed by atoms with Crippen LogP contribution in [0, 0.1) is 0 Å². The summed E-state index contributed by atoms with van der Waals surface area (Å²) in [6.45, 7) is 0.624. The van der Waals surface area contributed by atoms with E-state index in [9.17, 15) is 9.90 Å². The molecular formula is C12H12BrN5O3. The number of nitrogens with one attached hydrogen (secondary N) is 1. The van der Waals surface area contributed by atoms with Gasteiger partial charge in [0.05, 0.1) is 6.54 Å². The zero-order valence-corrected chi connectivity index (χ0v) is 12.4. The Bertz CT molecular complexity index is 671. The van der Waals surface area contributed by atoms with Gasteiger partial charge in [0, 0.05) is 22.8 Å². The van der Waals surface area contributed by atoms with Gasteiger partial charge in [-0.3, -0.25) is 9.79 Å². The lowest BCUT2D eigenvalue weighted by atomic mass is 10.2. The van der Waals surface area contributed by atoms with Gasteiger partial charge in [0.15, 0.2) is 0 Å². The van der Waals surface area contributed by atoms with Crippen LogP contribution in [0.5, 0.6) is 5.75 Å². The second kappa shape index (κ2) is 6.84. The highest BCUT2D eigenvalue weighted by atomic mass is 79.9. The number of carbonyl (C=O) groups is 1. The van der Waals surface area contributed by atoms with Crippen molar-refractivity contribution < 1.29 is 14.5 Å². The number of nitrogen functional groups attached to an aromatic ring is 1. The Labute approximate surface area is 128 Å². The van der Waals surface area contributed by atoms with Gasteiger partial charge in [-0.05, 0) is 28.5 Å². The van der Waals surface area contributed by atoms with E-state index in [1.165, 1.54) is 6.21 Å². The fraction of sp³-hybridized carbons (Fsp3) is 0.167. The Morgan fingerprint density at radius 1 is 1.52 bits per heavy atom. The molecule has 1 aromatic heterocycles. The zero-order chi connectivity index (χ0) is 15.2. The molecule has 0 unspecified atom stereocenters. The Morgan fingerprint density at radius 2 is 2.33 bits per heavy atom. The molecule has 1 amide bonds. The van der Waals surface area contributed by atoms with Crippen LogP contribution in [0.25, 0.3) is 0 Å². The van der Waals surface area contributed by atoms with Crippen LogP contribution in [-0.4, -0.2) is 40.6 Å². The summed E-state index contributed by atoms with van der Waals surface area (Å²) in [7, 11) is 0. The second-order valence-corrected chi connectivity index (χ2v) is 4.91.